The van der Waals surface area contributed by atoms with Crippen molar-refractivity contribution in [2.45, 2.75) is 58.0 Å². The zero-order valence-electron chi connectivity index (χ0n) is 11.7. The number of rotatable bonds is 4. The van der Waals surface area contributed by atoms with Crippen molar-refractivity contribution in [3.05, 3.63) is 35.9 Å². The molecule has 2 rings (SSSR count). The molecule has 1 aromatic rings. The zero-order chi connectivity index (χ0) is 13.0. The van der Waals surface area contributed by atoms with Crippen LogP contribution in [0.25, 0.3) is 0 Å². The minimum absolute atomic E-state index is 0.425. The molecule has 0 heterocycles. The largest absolute Gasteiger partial charge is 0.385 e. The highest BCUT2D eigenvalue weighted by molar-refractivity contribution is 5.23. The minimum atomic E-state index is -0.615. The maximum Gasteiger partial charge on any atom is 0.0927 e. The van der Waals surface area contributed by atoms with Crippen molar-refractivity contribution in [1.29, 1.82) is 0 Å². The molecule has 1 nitrogen and oxygen atoms in total. The normalized spacial score (nSPS) is 27.7. The fourth-order valence-electron chi connectivity index (χ4n) is 3.68. The second-order valence-electron chi connectivity index (χ2n) is 5.91. The molecule has 1 saturated carbocycles. The Morgan fingerprint density at radius 3 is 2.44 bits per heavy atom. The van der Waals surface area contributed by atoms with E-state index in [1.807, 2.05) is 18.2 Å². The van der Waals surface area contributed by atoms with Crippen molar-refractivity contribution in [2.75, 3.05) is 0 Å². The maximum absolute atomic E-state index is 11.3. The molecule has 0 amide bonds. The highest BCUT2D eigenvalue weighted by atomic mass is 16.3. The summed E-state index contributed by atoms with van der Waals surface area (Å²) in [6, 6.07) is 10.3. The number of hydrogen-bond donors (Lipinski definition) is 1. The molecule has 0 saturated heterocycles. The van der Waals surface area contributed by atoms with E-state index in [0.29, 0.717) is 11.8 Å². The van der Waals surface area contributed by atoms with Crippen LogP contribution in [0, 0.1) is 11.8 Å². The van der Waals surface area contributed by atoms with E-state index in [1.165, 1.54) is 25.7 Å². The van der Waals surface area contributed by atoms with Crippen molar-refractivity contribution < 1.29 is 5.11 Å². The number of benzene rings is 1. The van der Waals surface area contributed by atoms with E-state index >= 15 is 0 Å². The Bertz CT molecular complexity index is 359. The van der Waals surface area contributed by atoms with E-state index in [4.69, 9.17) is 0 Å². The van der Waals surface area contributed by atoms with E-state index in [0.717, 1.165) is 18.4 Å². The molecule has 18 heavy (non-hydrogen) atoms. The van der Waals surface area contributed by atoms with Gasteiger partial charge in [0.25, 0.3) is 0 Å². The first kappa shape index (κ1) is 13.6. The summed E-state index contributed by atoms with van der Waals surface area (Å²) in [5.41, 5.74) is 0.501. The molecule has 3 unspecified atom stereocenters. The van der Waals surface area contributed by atoms with Crippen molar-refractivity contribution in [2.24, 2.45) is 11.8 Å². The maximum atomic E-state index is 11.3. The summed E-state index contributed by atoms with van der Waals surface area (Å²) >= 11 is 0. The second-order valence-corrected chi connectivity index (χ2v) is 5.91. The van der Waals surface area contributed by atoms with Gasteiger partial charge in [0, 0.05) is 0 Å². The molecule has 0 radical (unpaired) electrons. The third kappa shape index (κ3) is 2.61. The summed E-state index contributed by atoms with van der Waals surface area (Å²) < 4.78 is 0. The molecule has 1 aliphatic carbocycles. The van der Waals surface area contributed by atoms with Crippen molar-refractivity contribution in [3.8, 4) is 0 Å². The van der Waals surface area contributed by atoms with Crippen molar-refractivity contribution in [3.63, 3.8) is 0 Å². The Morgan fingerprint density at radius 2 is 1.83 bits per heavy atom. The van der Waals surface area contributed by atoms with Gasteiger partial charge in [-0.15, -0.1) is 0 Å². The molecule has 0 spiro atoms. The third-order valence-electron chi connectivity index (χ3n) is 4.63. The highest BCUT2D eigenvalue weighted by Crippen LogP contribution is 2.45. The van der Waals surface area contributed by atoms with Crippen molar-refractivity contribution >= 4 is 0 Å². The van der Waals surface area contributed by atoms with Gasteiger partial charge in [-0.25, -0.2) is 0 Å². The minimum Gasteiger partial charge on any atom is -0.385 e. The summed E-state index contributed by atoms with van der Waals surface area (Å²) in [7, 11) is 0. The first-order valence-corrected chi connectivity index (χ1v) is 7.46. The molecular weight excluding hydrogens is 220 g/mol. The molecule has 100 valence electrons. The van der Waals surface area contributed by atoms with Crippen LogP contribution in [0.3, 0.4) is 0 Å². The molecule has 1 N–H and O–H groups in total. The van der Waals surface area contributed by atoms with Crippen LogP contribution in [0.5, 0.6) is 0 Å². The van der Waals surface area contributed by atoms with Gasteiger partial charge in [0.15, 0.2) is 0 Å². The summed E-state index contributed by atoms with van der Waals surface area (Å²) in [6.07, 6.45) is 6.96. The Kier molecular flexibility index (Phi) is 4.45. The smallest absolute Gasteiger partial charge is 0.0927 e. The van der Waals surface area contributed by atoms with Gasteiger partial charge < -0.3 is 5.11 Å². The predicted octanol–water partition coefficient (Wildman–Crippen LogP) is 4.50. The monoisotopic (exact) mass is 246 g/mol. The summed E-state index contributed by atoms with van der Waals surface area (Å²) in [5, 5.41) is 11.3. The van der Waals surface area contributed by atoms with Gasteiger partial charge in [0.2, 0.25) is 0 Å². The van der Waals surface area contributed by atoms with Crippen LogP contribution < -0.4 is 0 Å². The predicted molar refractivity (Wildman–Crippen MR) is 76.4 cm³/mol. The molecule has 0 bridgehead atoms. The summed E-state index contributed by atoms with van der Waals surface area (Å²) in [5.74, 6) is 1.06. The lowest BCUT2D eigenvalue weighted by atomic mass is 9.66. The van der Waals surface area contributed by atoms with E-state index in [9.17, 15) is 5.11 Å². The van der Waals surface area contributed by atoms with Gasteiger partial charge in [0.1, 0.15) is 0 Å². The molecule has 1 fully saturated rings. The SMILES string of the molecule is CCCC(O)(c1ccccc1)C1CCCCC1C. The van der Waals surface area contributed by atoms with Crippen LogP contribution >= 0.6 is 0 Å². The Morgan fingerprint density at radius 1 is 1.17 bits per heavy atom. The molecule has 1 heteroatoms. The average molecular weight is 246 g/mol. The quantitative estimate of drug-likeness (QED) is 0.829. The first-order chi connectivity index (χ1) is 8.68. The van der Waals surface area contributed by atoms with Gasteiger partial charge in [-0.2, -0.15) is 0 Å². The third-order valence-corrected chi connectivity index (χ3v) is 4.63. The van der Waals surface area contributed by atoms with E-state index in [-0.39, 0.29) is 0 Å². The van der Waals surface area contributed by atoms with Crippen LogP contribution in [0.2, 0.25) is 0 Å². The molecule has 0 aliphatic heterocycles. The Hall–Kier alpha value is -0.820. The van der Waals surface area contributed by atoms with Gasteiger partial charge in [-0.3, -0.25) is 0 Å². The molecular formula is C17H26O. The summed E-state index contributed by atoms with van der Waals surface area (Å²) in [4.78, 5) is 0. The number of aliphatic hydroxyl groups is 1. The Balaban J connectivity index is 2.30. The van der Waals surface area contributed by atoms with Gasteiger partial charge in [-0.1, -0.05) is 69.9 Å². The summed E-state index contributed by atoms with van der Waals surface area (Å²) in [6.45, 7) is 4.48. The molecule has 3 atom stereocenters. The van der Waals surface area contributed by atoms with E-state index in [2.05, 4.69) is 26.0 Å². The van der Waals surface area contributed by atoms with Crippen LogP contribution in [0.4, 0.5) is 0 Å². The first-order valence-electron chi connectivity index (χ1n) is 7.46. The topological polar surface area (TPSA) is 20.2 Å². The van der Waals surface area contributed by atoms with Gasteiger partial charge in [0.05, 0.1) is 5.60 Å². The van der Waals surface area contributed by atoms with Crippen LogP contribution in [-0.4, -0.2) is 5.11 Å². The lowest BCUT2D eigenvalue weighted by Crippen LogP contribution is -2.40. The standard InChI is InChI=1S/C17H26O/c1-3-13-17(18,15-10-5-4-6-11-15)16-12-8-7-9-14(16)2/h4-6,10-11,14,16,18H,3,7-9,12-13H2,1-2H3. The molecule has 1 aromatic carbocycles. The fraction of sp³-hybridized carbons (Fsp3) is 0.647. The van der Waals surface area contributed by atoms with E-state index < -0.39 is 5.60 Å². The molecule has 1 aliphatic rings. The highest BCUT2D eigenvalue weighted by Gasteiger charge is 2.41. The fourth-order valence-corrected chi connectivity index (χ4v) is 3.68. The molecule has 0 aromatic heterocycles. The van der Waals surface area contributed by atoms with Crippen LogP contribution in [-0.2, 0) is 5.60 Å². The van der Waals surface area contributed by atoms with Crippen LogP contribution in [0.15, 0.2) is 30.3 Å². The van der Waals surface area contributed by atoms with Gasteiger partial charge in [-0.05, 0) is 30.2 Å². The Labute approximate surface area is 111 Å². The van der Waals surface area contributed by atoms with Gasteiger partial charge >= 0.3 is 0 Å². The van der Waals surface area contributed by atoms with Crippen LogP contribution in [0.1, 0.15) is 57.9 Å². The lowest BCUT2D eigenvalue weighted by Gasteiger charge is -2.42. The zero-order valence-corrected chi connectivity index (χ0v) is 11.7. The lowest BCUT2D eigenvalue weighted by molar-refractivity contribution is -0.0669. The van der Waals surface area contributed by atoms with E-state index in [1.54, 1.807) is 0 Å². The van der Waals surface area contributed by atoms with Crippen molar-refractivity contribution in [1.82, 2.24) is 0 Å². The number of hydrogen-bond acceptors (Lipinski definition) is 1. The average Bonchev–Trinajstić information content (AvgIpc) is 2.40. The second kappa shape index (κ2) is 5.88.